The molecule has 0 saturated carbocycles. The number of aliphatic hydroxyl groups excluding tert-OH is 1. The van der Waals surface area contributed by atoms with E-state index in [1.54, 1.807) is 11.3 Å². The van der Waals surface area contributed by atoms with E-state index >= 15 is 0 Å². The third-order valence-corrected chi connectivity index (χ3v) is 4.44. The van der Waals surface area contributed by atoms with Crippen LogP contribution in [-0.4, -0.2) is 26.6 Å². The summed E-state index contributed by atoms with van der Waals surface area (Å²) in [6.07, 6.45) is 3.83. The quantitative estimate of drug-likeness (QED) is 0.844. The van der Waals surface area contributed by atoms with Crippen LogP contribution in [0.2, 0.25) is 0 Å². The minimum Gasteiger partial charge on any atom is -0.396 e. The van der Waals surface area contributed by atoms with Crippen molar-refractivity contribution in [1.82, 2.24) is 14.7 Å². The number of aliphatic hydroxyl groups is 1. The van der Waals surface area contributed by atoms with Crippen molar-refractivity contribution < 1.29 is 5.11 Å². The molecule has 0 aromatic carbocycles. The fourth-order valence-corrected chi connectivity index (χ4v) is 2.87. The van der Waals surface area contributed by atoms with Gasteiger partial charge in [-0.3, -0.25) is 4.40 Å². The van der Waals surface area contributed by atoms with Gasteiger partial charge in [-0.05, 0) is 26.7 Å². The summed E-state index contributed by atoms with van der Waals surface area (Å²) in [5.41, 5.74) is 2.28. The second-order valence-corrected chi connectivity index (χ2v) is 5.81. The zero-order valence-electron chi connectivity index (χ0n) is 11.2. The number of aromatic nitrogens is 2. The van der Waals surface area contributed by atoms with Crippen molar-refractivity contribution in [2.75, 3.05) is 6.61 Å². The van der Waals surface area contributed by atoms with Crippen LogP contribution in [0, 0.1) is 6.92 Å². The van der Waals surface area contributed by atoms with Gasteiger partial charge >= 0.3 is 0 Å². The Balaban J connectivity index is 2.14. The monoisotopic (exact) mass is 267 g/mol. The largest absolute Gasteiger partial charge is 0.396 e. The minimum absolute atomic E-state index is 0.0125. The average molecular weight is 267 g/mol. The molecule has 0 amide bonds. The molecule has 0 spiro atoms. The molecule has 0 aliphatic rings. The average Bonchev–Trinajstić information content (AvgIpc) is 2.88. The Morgan fingerprint density at radius 2 is 2.33 bits per heavy atom. The first-order chi connectivity index (χ1) is 8.59. The van der Waals surface area contributed by atoms with Crippen LogP contribution in [0.15, 0.2) is 11.6 Å². The van der Waals surface area contributed by atoms with E-state index in [1.807, 2.05) is 6.92 Å². The zero-order valence-corrected chi connectivity index (χ0v) is 12.0. The lowest BCUT2D eigenvalue weighted by molar-refractivity contribution is 0.214. The van der Waals surface area contributed by atoms with Crippen molar-refractivity contribution in [2.45, 2.75) is 45.7 Å². The molecular weight excluding hydrogens is 246 g/mol. The first-order valence-corrected chi connectivity index (χ1v) is 7.24. The van der Waals surface area contributed by atoms with Crippen LogP contribution in [0.25, 0.3) is 4.96 Å². The maximum absolute atomic E-state index is 9.13. The number of hydrogen-bond acceptors (Lipinski definition) is 4. The van der Waals surface area contributed by atoms with Crippen molar-refractivity contribution in [1.29, 1.82) is 0 Å². The second-order valence-electron chi connectivity index (χ2n) is 4.94. The van der Waals surface area contributed by atoms with E-state index in [0.29, 0.717) is 0 Å². The summed E-state index contributed by atoms with van der Waals surface area (Å²) in [6.45, 7) is 7.35. The van der Waals surface area contributed by atoms with Crippen LogP contribution in [0.4, 0.5) is 0 Å². The third kappa shape index (κ3) is 2.58. The van der Waals surface area contributed by atoms with Crippen molar-refractivity contribution in [2.24, 2.45) is 0 Å². The summed E-state index contributed by atoms with van der Waals surface area (Å²) in [7, 11) is 0. The van der Waals surface area contributed by atoms with Crippen molar-refractivity contribution in [3.63, 3.8) is 0 Å². The molecule has 2 aromatic heterocycles. The number of aryl methyl sites for hydroxylation is 1. The number of nitrogens with zero attached hydrogens (tertiary/aromatic N) is 2. The number of rotatable bonds is 6. The van der Waals surface area contributed by atoms with E-state index in [9.17, 15) is 0 Å². The Kier molecular flexibility index (Phi) is 4.04. The molecule has 4 nitrogen and oxygen atoms in total. The SMILES string of the molecule is CCC(C)(CCO)NCc1c(C)nc2sccn12. The van der Waals surface area contributed by atoms with Gasteiger partial charge in [-0.2, -0.15) is 0 Å². The van der Waals surface area contributed by atoms with Gasteiger partial charge in [0.05, 0.1) is 11.4 Å². The lowest BCUT2D eigenvalue weighted by Gasteiger charge is -2.29. The summed E-state index contributed by atoms with van der Waals surface area (Å²) >= 11 is 1.66. The number of fused-ring (bicyclic) bond motifs is 1. The molecule has 0 saturated heterocycles. The fourth-order valence-electron chi connectivity index (χ4n) is 2.09. The van der Waals surface area contributed by atoms with Gasteiger partial charge in [0.1, 0.15) is 0 Å². The highest BCUT2D eigenvalue weighted by Gasteiger charge is 2.21. The van der Waals surface area contributed by atoms with Gasteiger partial charge in [0.15, 0.2) is 4.96 Å². The van der Waals surface area contributed by atoms with Gasteiger partial charge in [-0.15, -0.1) is 11.3 Å². The smallest absolute Gasteiger partial charge is 0.194 e. The lowest BCUT2D eigenvalue weighted by atomic mass is 9.95. The predicted octanol–water partition coefficient (Wildman–Crippen LogP) is 2.34. The van der Waals surface area contributed by atoms with Gasteiger partial charge in [-0.1, -0.05) is 6.92 Å². The number of hydrogen-bond donors (Lipinski definition) is 2. The van der Waals surface area contributed by atoms with Gasteiger partial charge < -0.3 is 10.4 Å². The van der Waals surface area contributed by atoms with E-state index in [2.05, 4.69) is 40.1 Å². The summed E-state index contributed by atoms with van der Waals surface area (Å²) in [6, 6.07) is 0. The lowest BCUT2D eigenvalue weighted by Crippen LogP contribution is -2.42. The Morgan fingerprint density at radius 1 is 1.56 bits per heavy atom. The minimum atomic E-state index is -0.0125. The van der Waals surface area contributed by atoms with E-state index < -0.39 is 0 Å². The summed E-state index contributed by atoms with van der Waals surface area (Å²) in [5, 5.41) is 14.7. The van der Waals surface area contributed by atoms with Gasteiger partial charge in [0.2, 0.25) is 0 Å². The Hall–Kier alpha value is -0.910. The van der Waals surface area contributed by atoms with E-state index in [0.717, 1.165) is 30.0 Å². The predicted molar refractivity (Wildman–Crippen MR) is 75.0 cm³/mol. The first-order valence-electron chi connectivity index (χ1n) is 6.36. The maximum Gasteiger partial charge on any atom is 0.194 e. The van der Waals surface area contributed by atoms with E-state index in [4.69, 9.17) is 5.11 Å². The van der Waals surface area contributed by atoms with Crippen LogP contribution in [0.3, 0.4) is 0 Å². The van der Waals surface area contributed by atoms with Crippen LogP contribution in [-0.2, 0) is 6.54 Å². The molecule has 2 N–H and O–H groups in total. The summed E-state index contributed by atoms with van der Waals surface area (Å²) < 4.78 is 2.14. The van der Waals surface area contributed by atoms with Crippen molar-refractivity contribution in [3.8, 4) is 0 Å². The van der Waals surface area contributed by atoms with Crippen LogP contribution in [0.1, 0.15) is 38.1 Å². The molecule has 2 rings (SSSR count). The summed E-state index contributed by atoms with van der Waals surface area (Å²) in [4.78, 5) is 5.58. The topological polar surface area (TPSA) is 49.6 Å². The van der Waals surface area contributed by atoms with E-state index in [-0.39, 0.29) is 12.1 Å². The molecule has 0 aliphatic heterocycles. The molecule has 0 radical (unpaired) electrons. The first kappa shape index (κ1) is 13.5. The van der Waals surface area contributed by atoms with Crippen molar-refractivity contribution >= 4 is 16.3 Å². The molecule has 18 heavy (non-hydrogen) atoms. The molecule has 5 heteroatoms. The Bertz CT molecular complexity index is 519. The number of thiazole rings is 1. The molecular formula is C13H21N3OS. The Labute approximate surface area is 112 Å². The van der Waals surface area contributed by atoms with Crippen LogP contribution >= 0.6 is 11.3 Å². The van der Waals surface area contributed by atoms with E-state index in [1.165, 1.54) is 5.69 Å². The van der Waals surface area contributed by atoms with Gasteiger partial charge in [-0.25, -0.2) is 4.98 Å². The highest BCUT2D eigenvalue weighted by molar-refractivity contribution is 7.15. The van der Waals surface area contributed by atoms with Crippen LogP contribution in [0.5, 0.6) is 0 Å². The standard InChI is InChI=1S/C13H21N3OS/c1-4-13(3,5-7-17)14-9-11-10(2)15-12-16(11)6-8-18-12/h6,8,14,17H,4-5,7,9H2,1-3H3. The molecule has 100 valence electrons. The third-order valence-electron chi connectivity index (χ3n) is 3.69. The molecule has 0 bridgehead atoms. The fraction of sp³-hybridized carbons (Fsp3) is 0.615. The van der Waals surface area contributed by atoms with Gasteiger partial charge in [0.25, 0.3) is 0 Å². The highest BCUT2D eigenvalue weighted by atomic mass is 32.1. The van der Waals surface area contributed by atoms with Crippen molar-refractivity contribution in [3.05, 3.63) is 23.0 Å². The molecule has 0 fully saturated rings. The molecule has 1 unspecified atom stereocenters. The highest BCUT2D eigenvalue weighted by Crippen LogP contribution is 2.19. The second kappa shape index (κ2) is 5.38. The molecule has 1 atom stereocenters. The normalized spacial score (nSPS) is 15.1. The van der Waals surface area contributed by atoms with Gasteiger partial charge in [0, 0.05) is 30.3 Å². The number of nitrogens with one attached hydrogen (secondary N) is 1. The Morgan fingerprint density at radius 3 is 3.00 bits per heavy atom. The number of imidazole rings is 1. The van der Waals surface area contributed by atoms with Crippen LogP contribution < -0.4 is 5.32 Å². The zero-order chi connectivity index (χ0) is 13.2. The molecule has 2 aromatic rings. The summed E-state index contributed by atoms with van der Waals surface area (Å²) in [5.74, 6) is 0. The molecule has 2 heterocycles. The molecule has 0 aliphatic carbocycles. The maximum atomic E-state index is 9.13.